The molecule has 94 valence electrons. The van der Waals surface area contributed by atoms with Gasteiger partial charge in [0.15, 0.2) is 10.6 Å². The molecular formula is C13H15N3OS. The van der Waals surface area contributed by atoms with E-state index in [0.29, 0.717) is 11.4 Å². The first-order valence-corrected chi connectivity index (χ1v) is 6.43. The molecule has 4 nitrogen and oxygen atoms in total. The number of rotatable bonds is 2. The van der Waals surface area contributed by atoms with Gasteiger partial charge in [-0.3, -0.25) is 9.67 Å². The SMILES string of the molecule is CC1(n2c(-c3ccccc3)n[nH]c2=S)CCOC1. The summed E-state index contributed by atoms with van der Waals surface area (Å²) in [6, 6.07) is 10.1. The third-order valence-electron chi connectivity index (χ3n) is 3.44. The van der Waals surface area contributed by atoms with Crippen molar-refractivity contribution in [3.05, 3.63) is 35.1 Å². The molecule has 0 spiro atoms. The van der Waals surface area contributed by atoms with Gasteiger partial charge in [-0.1, -0.05) is 30.3 Å². The molecule has 1 unspecified atom stereocenters. The maximum absolute atomic E-state index is 5.52. The lowest BCUT2D eigenvalue weighted by atomic mass is 10.0. The molecule has 1 saturated heterocycles. The van der Waals surface area contributed by atoms with E-state index in [1.165, 1.54) is 0 Å². The van der Waals surface area contributed by atoms with Crippen molar-refractivity contribution in [2.45, 2.75) is 18.9 Å². The number of aromatic nitrogens is 3. The number of H-pyrrole nitrogens is 1. The number of ether oxygens (including phenoxy) is 1. The number of nitrogens with one attached hydrogen (secondary N) is 1. The molecule has 0 aliphatic carbocycles. The molecule has 1 aromatic heterocycles. The van der Waals surface area contributed by atoms with Gasteiger partial charge in [0, 0.05) is 12.2 Å². The average Bonchev–Trinajstić information content (AvgIpc) is 2.98. The minimum atomic E-state index is -0.102. The Labute approximate surface area is 111 Å². The quantitative estimate of drug-likeness (QED) is 0.845. The van der Waals surface area contributed by atoms with Crippen molar-refractivity contribution < 1.29 is 4.74 Å². The molecule has 5 heteroatoms. The van der Waals surface area contributed by atoms with Crippen molar-refractivity contribution in [3.63, 3.8) is 0 Å². The molecule has 0 amide bonds. The highest BCUT2D eigenvalue weighted by atomic mass is 32.1. The van der Waals surface area contributed by atoms with Crippen LogP contribution in [-0.2, 0) is 10.3 Å². The molecule has 0 radical (unpaired) electrons. The van der Waals surface area contributed by atoms with E-state index >= 15 is 0 Å². The fraction of sp³-hybridized carbons (Fsp3) is 0.385. The Morgan fingerprint density at radius 3 is 2.83 bits per heavy atom. The normalized spacial score (nSPS) is 23.4. The van der Waals surface area contributed by atoms with Gasteiger partial charge >= 0.3 is 0 Å². The lowest BCUT2D eigenvalue weighted by molar-refractivity contribution is 0.161. The molecule has 1 aromatic carbocycles. The highest BCUT2D eigenvalue weighted by Crippen LogP contribution is 2.31. The Morgan fingerprint density at radius 1 is 1.39 bits per heavy atom. The monoisotopic (exact) mass is 261 g/mol. The van der Waals surface area contributed by atoms with Crippen molar-refractivity contribution in [1.82, 2.24) is 14.8 Å². The van der Waals surface area contributed by atoms with E-state index in [2.05, 4.69) is 21.7 Å². The van der Waals surface area contributed by atoms with E-state index in [1.54, 1.807) is 0 Å². The van der Waals surface area contributed by atoms with E-state index in [0.717, 1.165) is 24.4 Å². The van der Waals surface area contributed by atoms with Gasteiger partial charge in [-0.05, 0) is 25.6 Å². The molecule has 0 saturated carbocycles. The number of aromatic amines is 1. The number of hydrogen-bond acceptors (Lipinski definition) is 3. The summed E-state index contributed by atoms with van der Waals surface area (Å²) in [5.74, 6) is 0.883. The molecular weight excluding hydrogens is 246 g/mol. The van der Waals surface area contributed by atoms with Crippen LogP contribution in [0.25, 0.3) is 11.4 Å². The zero-order valence-corrected chi connectivity index (χ0v) is 11.0. The first-order valence-electron chi connectivity index (χ1n) is 6.02. The summed E-state index contributed by atoms with van der Waals surface area (Å²) in [5.41, 5.74) is 0.966. The van der Waals surface area contributed by atoms with Crippen LogP contribution in [0.1, 0.15) is 13.3 Å². The molecule has 1 atom stereocenters. The molecule has 1 aliphatic heterocycles. The van der Waals surface area contributed by atoms with Crippen molar-refractivity contribution in [3.8, 4) is 11.4 Å². The van der Waals surface area contributed by atoms with Crippen molar-refractivity contribution in [1.29, 1.82) is 0 Å². The van der Waals surface area contributed by atoms with Crippen LogP contribution in [0.5, 0.6) is 0 Å². The van der Waals surface area contributed by atoms with E-state index in [9.17, 15) is 0 Å². The van der Waals surface area contributed by atoms with Gasteiger partial charge in [0.1, 0.15) is 0 Å². The molecule has 2 heterocycles. The van der Waals surface area contributed by atoms with Crippen LogP contribution in [0, 0.1) is 4.77 Å². The topological polar surface area (TPSA) is 42.8 Å². The molecule has 2 aromatic rings. The van der Waals surface area contributed by atoms with Crippen LogP contribution in [0.2, 0.25) is 0 Å². The van der Waals surface area contributed by atoms with Gasteiger partial charge in [-0.15, -0.1) is 0 Å². The average molecular weight is 261 g/mol. The number of hydrogen-bond donors (Lipinski definition) is 1. The lowest BCUT2D eigenvalue weighted by Gasteiger charge is -2.25. The fourth-order valence-electron chi connectivity index (χ4n) is 2.41. The van der Waals surface area contributed by atoms with E-state index in [4.69, 9.17) is 17.0 Å². The van der Waals surface area contributed by atoms with Gasteiger partial charge in [0.2, 0.25) is 0 Å². The molecule has 1 N–H and O–H groups in total. The summed E-state index contributed by atoms with van der Waals surface area (Å²) in [7, 11) is 0. The first-order chi connectivity index (χ1) is 8.71. The van der Waals surface area contributed by atoms with Crippen LogP contribution in [0.4, 0.5) is 0 Å². The second kappa shape index (κ2) is 4.33. The second-order valence-electron chi connectivity index (χ2n) is 4.85. The van der Waals surface area contributed by atoms with Crippen LogP contribution in [0.3, 0.4) is 0 Å². The largest absolute Gasteiger partial charge is 0.379 e. The number of benzene rings is 1. The summed E-state index contributed by atoms with van der Waals surface area (Å²) in [6.45, 7) is 3.62. The zero-order valence-electron chi connectivity index (χ0n) is 10.2. The van der Waals surface area contributed by atoms with Crippen LogP contribution < -0.4 is 0 Å². The summed E-state index contributed by atoms with van der Waals surface area (Å²) in [5, 5.41) is 7.26. The first kappa shape index (κ1) is 11.6. The van der Waals surface area contributed by atoms with Crippen molar-refractivity contribution >= 4 is 12.2 Å². The molecule has 3 rings (SSSR count). The third kappa shape index (κ3) is 1.79. The zero-order chi connectivity index (χ0) is 12.6. The van der Waals surface area contributed by atoms with Gasteiger partial charge in [-0.2, -0.15) is 5.10 Å². The summed E-state index contributed by atoms with van der Waals surface area (Å²) in [4.78, 5) is 0. The van der Waals surface area contributed by atoms with Crippen molar-refractivity contribution in [2.75, 3.05) is 13.2 Å². The van der Waals surface area contributed by atoms with Gasteiger partial charge < -0.3 is 4.74 Å². The molecule has 1 fully saturated rings. The predicted molar refractivity (Wildman–Crippen MR) is 71.9 cm³/mol. The Bertz CT molecular complexity index is 596. The van der Waals surface area contributed by atoms with E-state index < -0.39 is 0 Å². The maximum atomic E-state index is 5.52. The van der Waals surface area contributed by atoms with Gasteiger partial charge in [0.05, 0.1) is 12.1 Å². The lowest BCUT2D eigenvalue weighted by Crippen LogP contribution is -2.31. The van der Waals surface area contributed by atoms with Crippen LogP contribution >= 0.6 is 12.2 Å². The smallest absolute Gasteiger partial charge is 0.196 e. The predicted octanol–water partition coefficient (Wildman–Crippen LogP) is 2.74. The summed E-state index contributed by atoms with van der Waals surface area (Å²) >= 11 is 5.37. The summed E-state index contributed by atoms with van der Waals surface area (Å²) < 4.78 is 8.26. The Morgan fingerprint density at radius 2 is 2.17 bits per heavy atom. The second-order valence-corrected chi connectivity index (χ2v) is 5.24. The van der Waals surface area contributed by atoms with E-state index in [-0.39, 0.29) is 5.54 Å². The summed E-state index contributed by atoms with van der Waals surface area (Å²) in [6.07, 6.45) is 0.959. The Balaban J connectivity index is 2.16. The fourth-order valence-corrected chi connectivity index (χ4v) is 2.76. The number of nitrogens with zero attached hydrogens (tertiary/aromatic N) is 2. The van der Waals surface area contributed by atoms with Crippen molar-refractivity contribution in [2.24, 2.45) is 0 Å². The van der Waals surface area contributed by atoms with Gasteiger partial charge in [-0.25, -0.2) is 0 Å². The molecule has 18 heavy (non-hydrogen) atoms. The highest BCUT2D eigenvalue weighted by Gasteiger charge is 2.34. The minimum absolute atomic E-state index is 0.102. The standard InChI is InChI=1S/C13H15N3OS/c1-13(7-8-17-9-13)16-11(14-15-12(16)18)10-5-3-2-4-6-10/h2-6H,7-9H2,1H3,(H,15,18). The third-order valence-corrected chi connectivity index (χ3v) is 3.72. The van der Waals surface area contributed by atoms with Crippen LogP contribution in [0.15, 0.2) is 30.3 Å². The Kier molecular flexibility index (Phi) is 2.80. The molecule has 1 aliphatic rings. The Hall–Kier alpha value is -1.46. The van der Waals surface area contributed by atoms with E-state index in [1.807, 2.05) is 30.3 Å². The van der Waals surface area contributed by atoms with Crippen LogP contribution in [-0.4, -0.2) is 28.0 Å². The minimum Gasteiger partial charge on any atom is -0.379 e. The highest BCUT2D eigenvalue weighted by molar-refractivity contribution is 7.71. The van der Waals surface area contributed by atoms with Gasteiger partial charge in [0.25, 0.3) is 0 Å². The molecule has 0 bridgehead atoms. The maximum Gasteiger partial charge on any atom is 0.196 e.